The highest BCUT2D eigenvalue weighted by Gasteiger charge is 2.20. The summed E-state index contributed by atoms with van der Waals surface area (Å²) < 4.78 is 0. The molecule has 0 saturated carbocycles. The van der Waals surface area contributed by atoms with Crippen LogP contribution in [-0.2, 0) is 4.79 Å². The Morgan fingerprint density at radius 1 is 1.25 bits per heavy atom. The van der Waals surface area contributed by atoms with Crippen molar-refractivity contribution in [3.05, 3.63) is 30.3 Å². The van der Waals surface area contributed by atoms with Crippen molar-refractivity contribution in [1.82, 2.24) is 4.90 Å². The summed E-state index contributed by atoms with van der Waals surface area (Å²) in [7, 11) is 0. The first-order valence-electron chi connectivity index (χ1n) is 7.49. The van der Waals surface area contributed by atoms with Crippen LogP contribution in [0.15, 0.2) is 30.3 Å². The molecule has 1 fully saturated rings. The molecule has 2 rings (SSSR count). The lowest BCUT2D eigenvalue weighted by atomic mass is 10.1. The number of likely N-dealkylation sites (tertiary alicyclic amines) is 1. The number of benzene rings is 1. The second-order valence-corrected chi connectivity index (χ2v) is 5.39. The van der Waals surface area contributed by atoms with Gasteiger partial charge in [-0.3, -0.25) is 9.69 Å². The van der Waals surface area contributed by atoms with Crippen molar-refractivity contribution in [3.63, 3.8) is 0 Å². The van der Waals surface area contributed by atoms with E-state index in [0.717, 1.165) is 31.6 Å². The van der Waals surface area contributed by atoms with Crippen LogP contribution in [0.2, 0.25) is 0 Å². The molecule has 0 bridgehead atoms. The molecular weight excluding hydrogens is 252 g/mol. The Morgan fingerprint density at radius 3 is 2.80 bits per heavy atom. The third kappa shape index (κ3) is 4.62. The number of rotatable bonds is 5. The Labute approximate surface area is 120 Å². The molecule has 4 heteroatoms. The Morgan fingerprint density at radius 2 is 2.05 bits per heavy atom. The predicted molar refractivity (Wildman–Crippen MR) is 80.6 cm³/mol. The molecule has 0 spiro atoms. The number of nitrogens with zero attached hydrogens (tertiary/aromatic N) is 1. The number of hydrogen-bond donors (Lipinski definition) is 2. The summed E-state index contributed by atoms with van der Waals surface area (Å²) in [4.78, 5) is 14.2. The van der Waals surface area contributed by atoms with Crippen LogP contribution in [0.25, 0.3) is 0 Å². The van der Waals surface area contributed by atoms with Crippen molar-refractivity contribution in [2.24, 2.45) is 0 Å². The fourth-order valence-electron chi connectivity index (χ4n) is 2.73. The molecule has 0 aliphatic carbocycles. The summed E-state index contributed by atoms with van der Waals surface area (Å²) in [5.74, 6) is 0.0390. The number of amides is 1. The van der Waals surface area contributed by atoms with E-state index in [9.17, 15) is 9.90 Å². The van der Waals surface area contributed by atoms with E-state index in [4.69, 9.17) is 0 Å². The molecule has 1 unspecified atom stereocenters. The second-order valence-electron chi connectivity index (χ2n) is 5.39. The predicted octanol–water partition coefficient (Wildman–Crippen LogP) is 2.25. The van der Waals surface area contributed by atoms with Crippen LogP contribution in [0, 0.1) is 0 Å². The summed E-state index contributed by atoms with van der Waals surface area (Å²) in [6.45, 7) is 1.91. The molecular formula is C16H24N2O2. The second kappa shape index (κ2) is 8.02. The summed E-state index contributed by atoms with van der Waals surface area (Å²) in [6.07, 6.45) is 5.08. The van der Waals surface area contributed by atoms with E-state index in [-0.39, 0.29) is 18.6 Å². The number of para-hydroxylation sites is 1. The van der Waals surface area contributed by atoms with Gasteiger partial charge in [0.05, 0.1) is 6.61 Å². The van der Waals surface area contributed by atoms with Gasteiger partial charge in [-0.15, -0.1) is 0 Å². The third-order valence-electron chi connectivity index (χ3n) is 3.89. The zero-order chi connectivity index (χ0) is 14.2. The molecule has 0 radical (unpaired) electrons. The lowest BCUT2D eigenvalue weighted by Gasteiger charge is -2.28. The van der Waals surface area contributed by atoms with E-state index >= 15 is 0 Å². The van der Waals surface area contributed by atoms with Gasteiger partial charge < -0.3 is 10.4 Å². The van der Waals surface area contributed by atoms with E-state index in [0.29, 0.717) is 6.42 Å². The molecule has 0 aromatic heterocycles. The van der Waals surface area contributed by atoms with Gasteiger partial charge in [0, 0.05) is 24.7 Å². The van der Waals surface area contributed by atoms with E-state index in [2.05, 4.69) is 10.2 Å². The lowest BCUT2D eigenvalue weighted by Crippen LogP contribution is -2.39. The largest absolute Gasteiger partial charge is 0.395 e. The number of nitrogens with one attached hydrogen (secondary N) is 1. The van der Waals surface area contributed by atoms with Gasteiger partial charge in [-0.1, -0.05) is 31.0 Å². The molecule has 1 aromatic rings. The Balaban J connectivity index is 1.79. The molecule has 1 aliphatic rings. The first-order valence-corrected chi connectivity index (χ1v) is 7.49. The van der Waals surface area contributed by atoms with Crippen LogP contribution in [0.4, 0.5) is 5.69 Å². The molecule has 110 valence electrons. The molecule has 1 heterocycles. The van der Waals surface area contributed by atoms with Gasteiger partial charge in [0.2, 0.25) is 5.91 Å². The first kappa shape index (κ1) is 15.0. The Hall–Kier alpha value is -1.39. The normalized spacial score (nSPS) is 20.4. The SMILES string of the molecule is O=C(CCN1CCCCCC1CO)Nc1ccccc1. The number of anilines is 1. The van der Waals surface area contributed by atoms with Crippen LogP contribution in [0.3, 0.4) is 0 Å². The molecule has 1 aromatic carbocycles. The van der Waals surface area contributed by atoms with Gasteiger partial charge in [0.1, 0.15) is 0 Å². The fourth-order valence-corrected chi connectivity index (χ4v) is 2.73. The molecule has 1 aliphatic heterocycles. The molecule has 2 N–H and O–H groups in total. The van der Waals surface area contributed by atoms with Crippen molar-refractivity contribution in [2.45, 2.75) is 38.1 Å². The van der Waals surface area contributed by atoms with E-state index in [1.54, 1.807) is 0 Å². The monoisotopic (exact) mass is 276 g/mol. The minimum absolute atomic E-state index is 0.0390. The van der Waals surface area contributed by atoms with Gasteiger partial charge >= 0.3 is 0 Å². The molecule has 4 nitrogen and oxygen atoms in total. The van der Waals surface area contributed by atoms with Gasteiger partial charge in [-0.2, -0.15) is 0 Å². The molecule has 1 saturated heterocycles. The standard InChI is InChI=1S/C16H24N2O2/c19-13-15-9-5-2-6-11-18(15)12-10-16(20)17-14-7-3-1-4-8-14/h1,3-4,7-8,15,19H,2,5-6,9-13H2,(H,17,20). The molecule has 20 heavy (non-hydrogen) atoms. The van der Waals surface area contributed by atoms with Gasteiger partial charge in [-0.05, 0) is 31.5 Å². The highest BCUT2D eigenvalue weighted by molar-refractivity contribution is 5.90. The minimum Gasteiger partial charge on any atom is -0.395 e. The van der Waals surface area contributed by atoms with Gasteiger partial charge in [0.25, 0.3) is 0 Å². The summed E-state index contributed by atoms with van der Waals surface area (Å²) in [6, 6.07) is 9.75. The maximum atomic E-state index is 11.9. The Kier molecular flexibility index (Phi) is 6.02. The van der Waals surface area contributed by atoms with Crippen molar-refractivity contribution in [2.75, 3.05) is 25.0 Å². The number of aliphatic hydroxyl groups is 1. The minimum atomic E-state index is 0.0390. The number of carbonyl (C=O) groups excluding carboxylic acids is 1. The van der Waals surface area contributed by atoms with E-state index < -0.39 is 0 Å². The highest BCUT2D eigenvalue weighted by atomic mass is 16.3. The molecule has 1 amide bonds. The van der Waals surface area contributed by atoms with Crippen LogP contribution in [0.5, 0.6) is 0 Å². The summed E-state index contributed by atoms with van der Waals surface area (Å²) in [5.41, 5.74) is 0.840. The number of aliphatic hydroxyl groups excluding tert-OH is 1. The van der Waals surface area contributed by atoms with Crippen LogP contribution >= 0.6 is 0 Å². The number of carbonyl (C=O) groups is 1. The number of hydrogen-bond acceptors (Lipinski definition) is 3. The highest BCUT2D eigenvalue weighted by Crippen LogP contribution is 2.16. The third-order valence-corrected chi connectivity index (χ3v) is 3.89. The average Bonchev–Trinajstić information content (AvgIpc) is 2.71. The van der Waals surface area contributed by atoms with Crippen LogP contribution in [0.1, 0.15) is 32.1 Å². The van der Waals surface area contributed by atoms with Gasteiger partial charge in [0.15, 0.2) is 0 Å². The summed E-state index contributed by atoms with van der Waals surface area (Å²) in [5, 5.41) is 12.3. The van der Waals surface area contributed by atoms with Crippen molar-refractivity contribution < 1.29 is 9.90 Å². The van der Waals surface area contributed by atoms with Crippen molar-refractivity contribution >= 4 is 11.6 Å². The first-order chi connectivity index (χ1) is 9.79. The fraction of sp³-hybridized carbons (Fsp3) is 0.562. The smallest absolute Gasteiger partial charge is 0.225 e. The van der Waals surface area contributed by atoms with Gasteiger partial charge in [-0.25, -0.2) is 0 Å². The van der Waals surface area contributed by atoms with E-state index in [1.165, 1.54) is 12.8 Å². The maximum Gasteiger partial charge on any atom is 0.225 e. The van der Waals surface area contributed by atoms with E-state index in [1.807, 2.05) is 30.3 Å². The molecule has 1 atom stereocenters. The lowest BCUT2D eigenvalue weighted by molar-refractivity contribution is -0.116. The maximum absolute atomic E-state index is 11.9. The average molecular weight is 276 g/mol. The topological polar surface area (TPSA) is 52.6 Å². The Bertz CT molecular complexity index is 408. The zero-order valence-corrected chi connectivity index (χ0v) is 11.9. The van der Waals surface area contributed by atoms with Crippen molar-refractivity contribution in [1.29, 1.82) is 0 Å². The van der Waals surface area contributed by atoms with Crippen LogP contribution < -0.4 is 5.32 Å². The van der Waals surface area contributed by atoms with Crippen molar-refractivity contribution in [3.8, 4) is 0 Å². The zero-order valence-electron chi connectivity index (χ0n) is 11.9. The quantitative estimate of drug-likeness (QED) is 0.867. The van der Waals surface area contributed by atoms with Crippen LogP contribution in [-0.4, -0.2) is 41.7 Å². The summed E-state index contributed by atoms with van der Waals surface area (Å²) >= 11 is 0.